The molecule has 0 saturated heterocycles. The van der Waals surface area contributed by atoms with Gasteiger partial charge in [-0.15, -0.1) is 0 Å². The lowest BCUT2D eigenvalue weighted by Gasteiger charge is -2.06. The van der Waals surface area contributed by atoms with Crippen molar-refractivity contribution in [2.45, 2.75) is 26.7 Å². The second-order valence-corrected chi connectivity index (χ2v) is 6.02. The second-order valence-electron chi connectivity index (χ2n) is 5.58. The van der Waals surface area contributed by atoms with E-state index in [-0.39, 0.29) is 23.6 Å². The fraction of sp³-hybridized carbons (Fsp3) is 0.211. The van der Waals surface area contributed by atoms with Crippen molar-refractivity contribution in [1.82, 2.24) is 9.97 Å². The summed E-state index contributed by atoms with van der Waals surface area (Å²) in [5.74, 6) is -0.565. The number of carbonyl (C=O) groups excluding carboxylic acids is 2. The van der Waals surface area contributed by atoms with E-state index in [0.29, 0.717) is 21.6 Å². The third-order valence-electron chi connectivity index (χ3n) is 3.91. The molecule has 0 bridgehead atoms. The molecule has 0 atom stereocenters. The molecule has 0 fully saturated rings. The number of fused-ring (bicyclic) bond motifs is 1. The van der Waals surface area contributed by atoms with Gasteiger partial charge in [-0.1, -0.05) is 25.4 Å². The molecule has 128 valence electrons. The summed E-state index contributed by atoms with van der Waals surface area (Å²) in [7, 11) is 0. The van der Waals surface area contributed by atoms with Gasteiger partial charge in [0.05, 0.1) is 0 Å². The number of aromatic amines is 1. The Kier molecular flexibility index (Phi) is 4.86. The van der Waals surface area contributed by atoms with Gasteiger partial charge >= 0.3 is 5.97 Å². The summed E-state index contributed by atoms with van der Waals surface area (Å²) < 4.78 is 5.42. The highest BCUT2D eigenvalue weighted by molar-refractivity contribution is 6.31. The van der Waals surface area contributed by atoms with Gasteiger partial charge in [-0.2, -0.15) is 0 Å². The van der Waals surface area contributed by atoms with Gasteiger partial charge in [0.1, 0.15) is 11.4 Å². The summed E-state index contributed by atoms with van der Waals surface area (Å²) in [6.07, 6.45) is 2.59. The fourth-order valence-corrected chi connectivity index (χ4v) is 2.71. The molecule has 0 radical (unpaired) electrons. The van der Waals surface area contributed by atoms with E-state index in [4.69, 9.17) is 16.3 Å². The quantitative estimate of drug-likeness (QED) is 0.545. The van der Waals surface area contributed by atoms with E-state index in [9.17, 15) is 9.59 Å². The van der Waals surface area contributed by atoms with Crippen molar-refractivity contribution in [3.63, 3.8) is 0 Å². The minimum atomic E-state index is -0.426. The molecule has 6 heteroatoms. The molecule has 2 heterocycles. The van der Waals surface area contributed by atoms with E-state index in [0.717, 1.165) is 12.0 Å². The van der Waals surface area contributed by atoms with Crippen LogP contribution in [0.5, 0.6) is 5.75 Å². The van der Waals surface area contributed by atoms with Crippen LogP contribution in [0.2, 0.25) is 5.02 Å². The Balaban J connectivity index is 2.14. The molecular formula is C19H17ClN2O3. The summed E-state index contributed by atoms with van der Waals surface area (Å²) >= 11 is 6.05. The second kappa shape index (κ2) is 7.07. The third kappa shape index (κ3) is 3.42. The van der Waals surface area contributed by atoms with Crippen LogP contribution in [0.4, 0.5) is 0 Å². The summed E-state index contributed by atoms with van der Waals surface area (Å²) in [4.78, 5) is 32.0. The lowest BCUT2D eigenvalue weighted by molar-refractivity contribution is -0.133. The molecule has 1 N–H and O–H groups in total. The molecule has 0 aliphatic heterocycles. The van der Waals surface area contributed by atoms with E-state index in [1.807, 2.05) is 13.0 Å². The predicted molar refractivity (Wildman–Crippen MR) is 96.3 cm³/mol. The number of hydrogen-bond acceptors (Lipinski definition) is 4. The van der Waals surface area contributed by atoms with E-state index < -0.39 is 5.97 Å². The van der Waals surface area contributed by atoms with Gasteiger partial charge in [-0.05, 0) is 42.3 Å². The van der Waals surface area contributed by atoms with Crippen LogP contribution in [0, 0.1) is 0 Å². The van der Waals surface area contributed by atoms with Crippen LogP contribution in [0.25, 0.3) is 10.9 Å². The number of pyridine rings is 1. The average Bonchev–Trinajstić information content (AvgIpc) is 2.98. The van der Waals surface area contributed by atoms with Crippen LogP contribution < -0.4 is 4.74 Å². The van der Waals surface area contributed by atoms with Crippen molar-refractivity contribution in [1.29, 1.82) is 0 Å². The SMILES string of the molecule is CCC(=O)Oc1c(C(=O)c2cc(CC)ccn2)[nH]c2ccc(Cl)cc12. The number of hydrogen-bond donors (Lipinski definition) is 1. The maximum absolute atomic E-state index is 12.9. The van der Waals surface area contributed by atoms with Crippen molar-refractivity contribution < 1.29 is 14.3 Å². The molecule has 0 spiro atoms. The van der Waals surface area contributed by atoms with Crippen molar-refractivity contribution in [2.24, 2.45) is 0 Å². The molecule has 0 aliphatic carbocycles. The van der Waals surface area contributed by atoms with Gasteiger partial charge in [0, 0.05) is 28.5 Å². The lowest BCUT2D eigenvalue weighted by Crippen LogP contribution is -2.11. The molecular weight excluding hydrogens is 340 g/mol. The number of nitrogens with one attached hydrogen (secondary N) is 1. The summed E-state index contributed by atoms with van der Waals surface area (Å²) in [6.45, 7) is 3.70. The first-order valence-electron chi connectivity index (χ1n) is 8.05. The van der Waals surface area contributed by atoms with Crippen molar-refractivity contribution in [3.8, 4) is 5.75 Å². The van der Waals surface area contributed by atoms with Crippen LogP contribution in [0.1, 0.15) is 42.0 Å². The van der Waals surface area contributed by atoms with E-state index in [2.05, 4.69) is 9.97 Å². The van der Waals surface area contributed by atoms with Crippen LogP contribution in [-0.2, 0) is 11.2 Å². The van der Waals surface area contributed by atoms with Gasteiger partial charge in [0.25, 0.3) is 0 Å². The summed E-state index contributed by atoms with van der Waals surface area (Å²) in [5, 5.41) is 1.08. The van der Waals surface area contributed by atoms with Crippen molar-refractivity contribution in [2.75, 3.05) is 0 Å². The summed E-state index contributed by atoms with van der Waals surface area (Å²) in [5.41, 5.74) is 2.16. The minimum Gasteiger partial charge on any atom is -0.423 e. The van der Waals surface area contributed by atoms with E-state index in [1.165, 1.54) is 0 Å². The number of benzene rings is 1. The van der Waals surface area contributed by atoms with E-state index >= 15 is 0 Å². The number of nitrogens with zero attached hydrogens (tertiary/aromatic N) is 1. The number of H-pyrrole nitrogens is 1. The summed E-state index contributed by atoms with van der Waals surface area (Å²) in [6, 6.07) is 8.72. The number of ether oxygens (including phenoxy) is 1. The average molecular weight is 357 g/mol. The number of aromatic nitrogens is 2. The standard InChI is InChI=1S/C19H17ClN2O3/c1-3-11-7-8-21-15(9-11)18(24)17-19(25-16(23)4-2)13-10-12(20)5-6-14(13)22-17/h5-10,22H,3-4H2,1-2H3. The molecule has 0 amide bonds. The molecule has 3 rings (SSSR count). The van der Waals surface area contributed by atoms with Crippen molar-refractivity contribution in [3.05, 3.63) is 58.5 Å². The van der Waals surface area contributed by atoms with Crippen LogP contribution in [0.15, 0.2) is 36.5 Å². The monoisotopic (exact) mass is 356 g/mol. The minimum absolute atomic E-state index is 0.193. The van der Waals surface area contributed by atoms with Crippen LogP contribution >= 0.6 is 11.6 Å². The van der Waals surface area contributed by atoms with Crippen molar-refractivity contribution >= 4 is 34.3 Å². The van der Waals surface area contributed by atoms with Gasteiger partial charge < -0.3 is 9.72 Å². The highest BCUT2D eigenvalue weighted by Gasteiger charge is 2.23. The zero-order valence-corrected chi connectivity index (χ0v) is 14.7. The molecule has 1 aromatic carbocycles. The first-order chi connectivity index (χ1) is 12.0. The zero-order valence-electron chi connectivity index (χ0n) is 13.9. The van der Waals surface area contributed by atoms with Gasteiger partial charge in [0.15, 0.2) is 5.75 Å². The molecule has 0 unspecified atom stereocenters. The Hall–Kier alpha value is -2.66. The van der Waals surface area contributed by atoms with Crippen LogP contribution in [-0.4, -0.2) is 21.7 Å². The molecule has 5 nitrogen and oxygen atoms in total. The molecule has 0 aliphatic rings. The Morgan fingerprint density at radius 3 is 2.72 bits per heavy atom. The smallest absolute Gasteiger partial charge is 0.310 e. The molecule has 2 aromatic heterocycles. The zero-order chi connectivity index (χ0) is 18.0. The number of ketones is 1. The number of rotatable bonds is 5. The Labute approximate surface area is 150 Å². The first-order valence-corrected chi connectivity index (χ1v) is 8.42. The maximum Gasteiger partial charge on any atom is 0.310 e. The number of halogens is 1. The molecule has 25 heavy (non-hydrogen) atoms. The lowest BCUT2D eigenvalue weighted by atomic mass is 10.1. The Bertz CT molecular complexity index is 962. The highest BCUT2D eigenvalue weighted by atomic mass is 35.5. The normalized spacial score (nSPS) is 10.8. The predicted octanol–water partition coefficient (Wildman–Crippen LogP) is 4.33. The Morgan fingerprint density at radius 1 is 1.20 bits per heavy atom. The number of esters is 1. The maximum atomic E-state index is 12.9. The third-order valence-corrected chi connectivity index (χ3v) is 4.14. The van der Waals surface area contributed by atoms with Gasteiger partial charge in [-0.25, -0.2) is 0 Å². The topological polar surface area (TPSA) is 72.1 Å². The number of aryl methyl sites for hydroxylation is 1. The molecule has 3 aromatic rings. The van der Waals surface area contributed by atoms with E-state index in [1.54, 1.807) is 37.4 Å². The molecule has 0 saturated carbocycles. The highest BCUT2D eigenvalue weighted by Crippen LogP contribution is 2.33. The van der Waals surface area contributed by atoms with Gasteiger partial charge in [-0.3, -0.25) is 14.6 Å². The van der Waals surface area contributed by atoms with Crippen LogP contribution in [0.3, 0.4) is 0 Å². The first kappa shape index (κ1) is 17.2. The fourth-order valence-electron chi connectivity index (χ4n) is 2.54. The van der Waals surface area contributed by atoms with Gasteiger partial charge in [0.2, 0.25) is 5.78 Å². The Morgan fingerprint density at radius 2 is 2.00 bits per heavy atom. The largest absolute Gasteiger partial charge is 0.423 e. The number of carbonyl (C=O) groups is 2.